The minimum Gasteiger partial charge on any atom is -0.475 e. The van der Waals surface area contributed by atoms with Gasteiger partial charge in [-0.25, -0.2) is 4.79 Å². The van der Waals surface area contributed by atoms with Crippen molar-refractivity contribution in [1.82, 2.24) is 4.90 Å². The predicted molar refractivity (Wildman–Crippen MR) is 66.6 cm³/mol. The van der Waals surface area contributed by atoms with Gasteiger partial charge in [-0.3, -0.25) is 4.79 Å². The first-order chi connectivity index (χ1) is 9.03. The van der Waals surface area contributed by atoms with Gasteiger partial charge in [-0.05, 0) is 26.0 Å². The number of furan rings is 1. The number of nitriles is 1. The minimum absolute atomic E-state index is 0.00917. The molecule has 0 aliphatic heterocycles. The fourth-order valence-corrected chi connectivity index (χ4v) is 1.74. The zero-order chi connectivity index (χ0) is 14.4. The molecule has 1 rings (SSSR count). The monoisotopic (exact) mass is 264 g/mol. The third kappa shape index (κ3) is 3.58. The van der Waals surface area contributed by atoms with E-state index in [4.69, 9.17) is 14.8 Å². The van der Waals surface area contributed by atoms with E-state index in [1.807, 2.05) is 19.9 Å². The lowest BCUT2D eigenvalue weighted by Gasteiger charge is -2.19. The lowest BCUT2D eigenvalue weighted by molar-refractivity contribution is -0.131. The maximum absolute atomic E-state index is 11.9. The van der Waals surface area contributed by atoms with Crippen molar-refractivity contribution in [3.63, 3.8) is 0 Å². The maximum Gasteiger partial charge on any atom is 0.371 e. The molecule has 6 nitrogen and oxygen atoms in total. The molecule has 1 heterocycles. The van der Waals surface area contributed by atoms with Crippen LogP contribution in [0.25, 0.3) is 0 Å². The average molecular weight is 264 g/mol. The Bertz CT molecular complexity index is 497. The quantitative estimate of drug-likeness (QED) is 0.845. The average Bonchev–Trinajstić information content (AvgIpc) is 2.87. The molecule has 19 heavy (non-hydrogen) atoms. The zero-order valence-corrected chi connectivity index (χ0v) is 10.9. The molecule has 0 aromatic carbocycles. The highest BCUT2D eigenvalue weighted by Gasteiger charge is 2.22. The Morgan fingerprint density at radius 1 is 1.42 bits per heavy atom. The molecular weight excluding hydrogens is 248 g/mol. The molecule has 1 unspecified atom stereocenters. The van der Waals surface area contributed by atoms with Gasteiger partial charge in [0, 0.05) is 19.5 Å². The molecule has 0 radical (unpaired) electrons. The van der Waals surface area contributed by atoms with E-state index in [9.17, 15) is 9.59 Å². The van der Waals surface area contributed by atoms with E-state index in [-0.39, 0.29) is 23.8 Å². The number of nitrogens with zero attached hydrogens (tertiary/aromatic N) is 2. The Hall–Kier alpha value is -2.29. The number of carboxylic acids is 1. The van der Waals surface area contributed by atoms with Crippen LogP contribution in [0.1, 0.15) is 42.5 Å². The van der Waals surface area contributed by atoms with Gasteiger partial charge >= 0.3 is 5.97 Å². The van der Waals surface area contributed by atoms with E-state index in [2.05, 4.69) is 0 Å². The van der Waals surface area contributed by atoms with E-state index >= 15 is 0 Å². The molecule has 0 saturated carbocycles. The molecule has 6 heteroatoms. The lowest BCUT2D eigenvalue weighted by atomic mass is 10.0. The summed E-state index contributed by atoms with van der Waals surface area (Å²) >= 11 is 0. The second-order valence-electron chi connectivity index (χ2n) is 3.96. The summed E-state index contributed by atoms with van der Waals surface area (Å²) in [4.78, 5) is 24.2. The second kappa shape index (κ2) is 6.59. The molecule has 102 valence electrons. The summed E-state index contributed by atoms with van der Waals surface area (Å²) in [7, 11) is 0. The highest BCUT2D eigenvalue weighted by Crippen LogP contribution is 2.22. The lowest BCUT2D eigenvalue weighted by Crippen LogP contribution is -2.31. The van der Waals surface area contributed by atoms with Crippen molar-refractivity contribution in [2.45, 2.75) is 26.2 Å². The van der Waals surface area contributed by atoms with Gasteiger partial charge in [0.25, 0.3) is 0 Å². The molecule has 1 amide bonds. The minimum atomic E-state index is -1.20. The number of carbonyl (C=O) groups is 2. The van der Waals surface area contributed by atoms with Crippen molar-refractivity contribution in [3.8, 4) is 6.07 Å². The van der Waals surface area contributed by atoms with E-state index in [0.29, 0.717) is 13.1 Å². The summed E-state index contributed by atoms with van der Waals surface area (Å²) in [5.41, 5.74) is 0. The van der Waals surface area contributed by atoms with E-state index < -0.39 is 11.9 Å². The maximum atomic E-state index is 11.9. The van der Waals surface area contributed by atoms with Crippen LogP contribution in [0.3, 0.4) is 0 Å². The standard InChI is InChI=1S/C13H16N2O4/c1-3-15(4-2)12(16)7-9(8-14)10-5-6-11(19-10)13(17)18/h5-6,9H,3-4,7H2,1-2H3,(H,17,18). The van der Waals surface area contributed by atoms with Crippen molar-refractivity contribution in [2.24, 2.45) is 0 Å². The Balaban J connectivity index is 2.81. The van der Waals surface area contributed by atoms with Crippen molar-refractivity contribution < 1.29 is 19.1 Å². The third-order valence-electron chi connectivity index (χ3n) is 2.83. The Morgan fingerprint density at radius 2 is 2.05 bits per heavy atom. The van der Waals surface area contributed by atoms with Gasteiger partial charge in [-0.2, -0.15) is 5.26 Å². The summed E-state index contributed by atoms with van der Waals surface area (Å²) in [6, 6.07) is 4.68. The van der Waals surface area contributed by atoms with Crippen LogP contribution in [0.2, 0.25) is 0 Å². The summed E-state index contributed by atoms with van der Waals surface area (Å²) < 4.78 is 5.05. The molecule has 0 aliphatic rings. The van der Waals surface area contributed by atoms with E-state index in [0.717, 1.165) is 0 Å². The fraction of sp³-hybridized carbons (Fsp3) is 0.462. The predicted octanol–water partition coefficient (Wildman–Crippen LogP) is 1.84. The normalized spacial score (nSPS) is 11.6. The largest absolute Gasteiger partial charge is 0.475 e. The first-order valence-corrected chi connectivity index (χ1v) is 6.03. The molecular formula is C13H16N2O4. The molecule has 1 aromatic heterocycles. The SMILES string of the molecule is CCN(CC)C(=O)CC(C#N)c1ccc(C(=O)O)o1. The smallest absolute Gasteiger partial charge is 0.371 e. The van der Waals surface area contributed by atoms with Crippen molar-refractivity contribution >= 4 is 11.9 Å². The van der Waals surface area contributed by atoms with Crippen LogP contribution >= 0.6 is 0 Å². The summed E-state index contributed by atoms with van der Waals surface area (Å²) in [5, 5.41) is 17.8. The molecule has 0 aliphatic carbocycles. The van der Waals surface area contributed by atoms with Crippen LogP contribution in [-0.4, -0.2) is 35.0 Å². The van der Waals surface area contributed by atoms with Crippen LogP contribution in [0.4, 0.5) is 0 Å². The van der Waals surface area contributed by atoms with E-state index in [1.165, 1.54) is 12.1 Å². The highest BCUT2D eigenvalue weighted by atomic mass is 16.4. The topological polar surface area (TPSA) is 94.5 Å². The van der Waals surface area contributed by atoms with Gasteiger partial charge in [0.2, 0.25) is 11.7 Å². The molecule has 1 N–H and O–H groups in total. The van der Waals surface area contributed by atoms with Crippen molar-refractivity contribution in [2.75, 3.05) is 13.1 Å². The van der Waals surface area contributed by atoms with Gasteiger partial charge < -0.3 is 14.4 Å². The van der Waals surface area contributed by atoms with Gasteiger partial charge in [0.1, 0.15) is 11.7 Å². The summed E-state index contributed by atoms with van der Waals surface area (Å²) in [5.74, 6) is -2.13. The Labute approximate surface area is 111 Å². The third-order valence-corrected chi connectivity index (χ3v) is 2.83. The number of carbonyl (C=O) groups excluding carboxylic acids is 1. The van der Waals surface area contributed by atoms with Crippen LogP contribution < -0.4 is 0 Å². The Kier molecular flexibility index (Phi) is 5.12. The van der Waals surface area contributed by atoms with Crippen LogP contribution in [0.5, 0.6) is 0 Å². The zero-order valence-electron chi connectivity index (χ0n) is 10.9. The summed E-state index contributed by atoms with van der Waals surface area (Å²) in [6.07, 6.45) is -0.00917. The first kappa shape index (κ1) is 14.8. The van der Waals surface area contributed by atoms with Gasteiger partial charge in [-0.1, -0.05) is 0 Å². The van der Waals surface area contributed by atoms with Crippen LogP contribution in [0, 0.1) is 11.3 Å². The summed E-state index contributed by atoms with van der Waals surface area (Å²) in [6.45, 7) is 4.87. The number of carboxylic acid groups (broad SMARTS) is 1. The number of rotatable bonds is 6. The van der Waals surface area contributed by atoms with Gasteiger partial charge in [0.15, 0.2) is 0 Å². The van der Waals surface area contributed by atoms with Crippen molar-refractivity contribution in [3.05, 3.63) is 23.7 Å². The molecule has 0 saturated heterocycles. The first-order valence-electron chi connectivity index (χ1n) is 6.03. The molecule has 0 bridgehead atoms. The number of aromatic carboxylic acids is 1. The highest BCUT2D eigenvalue weighted by molar-refractivity contribution is 5.84. The fourth-order valence-electron chi connectivity index (χ4n) is 1.74. The number of amides is 1. The van der Waals surface area contributed by atoms with Crippen molar-refractivity contribution in [1.29, 1.82) is 5.26 Å². The van der Waals surface area contributed by atoms with E-state index in [1.54, 1.807) is 4.90 Å². The molecule has 0 spiro atoms. The van der Waals surface area contributed by atoms with Crippen LogP contribution in [0.15, 0.2) is 16.5 Å². The number of hydrogen-bond donors (Lipinski definition) is 1. The number of hydrogen-bond acceptors (Lipinski definition) is 4. The second-order valence-corrected chi connectivity index (χ2v) is 3.96. The van der Waals surface area contributed by atoms with Gasteiger partial charge in [-0.15, -0.1) is 0 Å². The van der Waals surface area contributed by atoms with Crippen LogP contribution in [-0.2, 0) is 4.79 Å². The molecule has 1 aromatic rings. The molecule has 0 fully saturated rings. The molecule has 1 atom stereocenters. The Morgan fingerprint density at radius 3 is 2.47 bits per heavy atom. The van der Waals surface area contributed by atoms with Gasteiger partial charge in [0.05, 0.1) is 6.07 Å².